The number of rotatable bonds is 8. The number of allylic oxidation sites excluding steroid dienone is 1. The minimum atomic E-state index is -0.603. The molecule has 0 spiro atoms. The van der Waals surface area contributed by atoms with E-state index in [-0.39, 0.29) is 6.61 Å². The topological polar surface area (TPSA) is 100 Å². The summed E-state index contributed by atoms with van der Waals surface area (Å²) in [7, 11) is 1.57. The van der Waals surface area contributed by atoms with Crippen molar-refractivity contribution in [3.05, 3.63) is 83.1 Å². The third kappa shape index (κ3) is 4.57. The summed E-state index contributed by atoms with van der Waals surface area (Å²) in [5.41, 5.74) is 3.99. The standard InChI is InChI=1S/C24H25N5O4/c1-5-12-32-23(30)21-16(3)25-24-26-27-28-29(24)22(21)18-10-11-19(20(13-18)31-4)33-14-17-8-6-15(2)7-9-17/h5-11,13,22H,1,12,14H2,2-4H3,(H,25,26,28). The summed E-state index contributed by atoms with van der Waals surface area (Å²) in [6.07, 6.45) is 1.52. The highest BCUT2D eigenvalue weighted by molar-refractivity contribution is 5.92. The molecular weight excluding hydrogens is 422 g/mol. The minimum absolute atomic E-state index is 0.0971. The second kappa shape index (κ2) is 9.56. The largest absolute Gasteiger partial charge is 0.493 e. The Balaban J connectivity index is 1.66. The maximum absolute atomic E-state index is 12.9. The maximum atomic E-state index is 12.9. The second-order valence-corrected chi connectivity index (χ2v) is 7.58. The van der Waals surface area contributed by atoms with Crippen LogP contribution in [0.2, 0.25) is 0 Å². The summed E-state index contributed by atoms with van der Waals surface area (Å²) in [6, 6.07) is 13.0. The van der Waals surface area contributed by atoms with E-state index in [0.29, 0.717) is 35.3 Å². The molecule has 1 aliphatic heterocycles. The van der Waals surface area contributed by atoms with Gasteiger partial charge in [0.15, 0.2) is 11.5 Å². The number of ether oxygens (including phenoxy) is 3. The Morgan fingerprint density at radius 1 is 1.18 bits per heavy atom. The third-order valence-corrected chi connectivity index (χ3v) is 5.28. The molecule has 0 amide bonds. The Hall–Kier alpha value is -4.14. The summed E-state index contributed by atoms with van der Waals surface area (Å²) >= 11 is 0. The number of carbonyl (C=O) groups excluding carboxylic acids is 1. The van der Waals surface area contributed by atoms with Crippen molar-refractivity contribution in [3.8, 4) is 11.5 Å². The van der Waals surface area contributed by atoms with Crippen LogP contribution >= 0.6 is 0 Å². The average molecular weight is 447 g/mol. The Morgan fingerprint density at radius 3 is 2.70 bits per heavy atom. The Bertz CT molecular complexity index is 1200. The van der Waals surface area contributed by atoms with Crippen molar-refractivity contribution >= 4 is 11.9 Å². The van der Waals surface area contributed by atoms with Gasteiger partial charge in [-0.2, -0.15) is 4.68 Å². The molecule has 1 atom stereocenters. The summed E-state index contributed by atoms with van der Waals surface area (Å²) in [4.78, 5) is 12.9. The normalized spacial score (nSPS) is 14.8. The number of aromatic nitrogens is 4. The van der Waals surface area contributed by atoms with Crippen molar-refractivity contribution in [1.29, 1.82) is 0 Å². The van der Waals surface area contributed by atoms with Gasteiger partial charge in [0.2, 0.25) is 5.95 Å². The van der Waals surface area contributed by atoms with E-state index >= 15 is 0 Å². The lowest BCUT2D eigenvalue weighted by Crippen LogP contribution is -2.29. The molecule has 170 valence electrons. The predicted octanol–water partition coefficient (Wildman–Crippen LogP) is 3.59. The van der Waals surface area contributed by atoms with Crippen molar-refractivity contribution in [2.45, 2.75) is 26.5 Å². The highest BCUT2D eigenvalue weighted by Crippen LogP contribution is 2.38. The van der Waals surface area contributed by atoms with Gasteiger partial charge in [0.25, 0.3) is 0 Å². The SMILES string of the molecule is C=CCOC(=O)C1=C(C)Nc2nnnn2C1c1ccc(OCc2ccc(C)cc2)c(OC)c1. The molecule has 0 saturated heterocycles. The van der Waals surface area contributed by atoms with E-state index in [1.54, 1.807) is 18.7 Å². The second-order valence-electron chi connectivity index (χ2n) is 7.58. The maximum Gasteiger partial charge on any atom is 0.338 e. The van der Waals surface area contributed by atoms with Crippen molar-refractivity contribution in [3.63, 3.8) is 0 Å². The molecule has 2 aromatic carbocycles. The molecule has 0 bridgehead atoms. The van der Waals surface area contributed by atoms with Crippen molar-refractivity contribution in [1.82, 2.24) is 20.2 Å². The number of hydrogen-bond donors (Lipinski definition) is 1. The molecule has 1 aromatic heterocycles. The minimum Gasteiger partial charge on any atom is -0.493 e. The zero-order chi connectivity index (χ0) is 23.4. The van der Waals surface area contributed by atoms with Crippen LogP contribution in [0.1, 0.15) is 29.7 Å². The van der Waals surface area contributed by atoms with Crippen molar-refractivity contribution < 1.29 is 19.0 Å². The highest BCUT2D eigenvalue weighted by atomic mass is 16.5. The molecule has 33 heavy (non-hydrogen) atoms. The number of nitrogens with zero attached hydrogens (tertiary/aromatic N) is 4. The van der Waals surface area contributed by atoms with Crippen molar-refractivity contribution in [2.75, 3.05) is 19.0 Å². The van der Waals surface area contributed by atoms with E-state index in [2.05, 4.69) is 27.4 Å². The fraction of sp³-hybridized carbons (Fsp3) is 0.250. The van der Waals surface area contributed by atoms with Crippen LogP contribution < -0.4 is 14.8 Å². The van der Waals surface area contributed by atoms with Gasteiger partial charge < -0.3 is 19.5 Å². The van der Waals surface area contributed by atoms with Crippen LogP contribution in [0.15, 0.2) is 66.4 Å². The number of nitrogens with one attached hydrogen (secondary N) is 1. The highest BCUT2D eigenvalue weighted by Gasteiger charge is 2.35. The fourth-order valence-electron chi connectivity index (χ4n) is 3.62. The third-order valence-electron chi connectivity index (χ3n) is 5.28. The van der Waals surface area contributed by atoms with Gasteiger partial charge in [-0.3, -0.25) is 0 Å². The van der Waals surface area contributed by atoms with Gasteiger partial charge >= 0.3 is 5.97 Å². The van der Waals surface area contributed by atoms with Gasteiger partial charge in [-0.15, -0.1) is 0 Å². The predicted molar refractivity (Wildman–Crippen MR) is 122 cm³/mol. The smallest absolute Gasteiger partial charge is 0.338 e. The van der Waals surface area contributed by atoms with E-state index in [1.165, 1.54) is 11.6 Å². The van der Waals surface area contributed by atoms with Crippen molar-refractivity contribution in [2.24, 2.45) is 0 Å². The van der Waals surface area contributed by atoms with E-state index in [9.17, 15) is 4.79 Å². The van der Waals surface area contributed by atoms with Gasteiger partial charge in [0.1, 0.15) is 19.3 Å². The molecule has 3 aromatic rings. The summed E-state index contributed by atoms with van der Waals surface area (Å²) in [5, 5.41) is 14.9. The van der Waals surface area contributed by atoms with Crippen LogP contribution in [0.3, 0.4) is 0 Å². The van der Waals surface area contributed by atoms with Crippen LogP contribution in [0, 0.1) is 6.92 Å². The molecule has 0 radical (unpaired) electrons. The molecule has 9 heteroatoms. The lowest BCUT2D eigenvalue weighted by molar-refractivity contribution is -0.138. The number of methoxy groups -OCH3 is 1. The van der Waals surface area contributed by atoms with E-state index in [4.69, 9.17) is 14.2 Å². The lowest BCUT2D eigenvalue weighted by Gasteiger charge is -2.27. The molecule has 1 unspecified atom stereocenters. The number of carbonyl (C=O) groups is 1. The molecule has 9 nitrogen and oxygen atoms in total. The van der Waals surface area contributed by atoms with Gasteiger partial charge in [-0.1, -0.05) is 53.6 Å². The number of aryl methyl sites for hydroxylation is 1. The Kier molecular flexibility index (Phi) is 6.39. The Labute approximate surface area is 191 Å². The zero-order valence-electron chi connectivity index (χ0n) is 18.7. The van der Waals surface area contributed by atoms with Gasteiger partial charge in [0, 0.05) is 5.70 Å². The van der Waals surface area contributed by atoms with Crippen LogP contribution in [0.25, 0.3) is 0 Å². The molecule has 0 saturated carbocycles. The number of esters is 1. The number of anilines is 1. The summed E-state index contributed by atoms with van der Waals surface area (Å²) < 4.78 is 18.5. The molecule has 2 heterocycles. The monoisotopic (exact) mass is 447 g/mol. The number of tetrazole rings is 1. The van der Waals surface area contributed by atoms with Gasteiger partial charge in [-0.25, -0.2) is 4.79 Å². The Morgan fingerprint density at radius 2 is 1.97 bits per heavy atom. The molecule has 0 aliphatic carbocycles. The zero-order valence-corrected chi connectivity index (χ0v) is 18.7. The number of fused-ring (bicyclic) bond motifs is 1. The first-order chi connectivity index (χ1) is 16.0. The summed E-state index contributed by atoms with van der Waals surface area (Å²) in [6.45, 7) is 7.93. The van der Waals surface area contributed by atoms with Gasteiger partial charge in [-0.05, 0) is 47.5 Å². The average Bonchev–Trinajstić information content (AvgIpc) is 3.29. The van der Waals surface area contributed by atoms with Crippen LogP contribution in [-0.4, -0.2) is 39.9 Å². The molecular formula is C24H25N5O4. The first kappa shape index (κ1) is 22.1. The number of benzene rings is 2. The van der Waals surface area contributed by atoms with E-state index in [0.717, 1.165) is 11.1 Å². The first-order valence-electron chi connectivity index (χ1n) is 10.4. The molecule has 1 N–H and O–H groups in total. The first-order valence-corrected chi connectivity index (χ1v) is 10.4. The van der Waals surface area contributed by atoms with Crippen LogP contribution in [0.4, 0.5) is 5.95 Å². The van der Waals surface area contributed by atoms with E-state index in [1.807, 2.05) is 49.4 Å². The molecule has 4 rings (SSSR count). The van der Waals surface area contributed by atoms with Crippen LogP contribution in [0.5, 0.6) is 11.5 Å². The van der Waals surface area contributed by atoms with E-state index < -0.39 is 12.0 Å². The quantitative estimate of drug-likeness (QED) is 0.413. The van der Waals surface area contributed by atoms with Gasteiger partial charge in [0.05, 0.1) is 12.7 Å². The molecule has 0 fully saturated rings. The lowest BCUT2D eigenvalue weighted by atomic mass is 9.95. The fourth-order valence-corrected chi connectivity index (χ4v) is 3.62. The summed E-state index contributed by atoms with van der Waals surface area (Å²) in [5.74, 6) is 1.06. The van der Waals surface area contributed by atoms with Crippen LogP contribution in [-0.2, 0) is 16.1 Å². The molecule has 1 aliphatic rings. The number of hydrogen-bond acceptors (Lipinski definition) is 8.